The number of aliphatic hydroxyl groups excluding tert-OH is 1. The molecular formula is C11H14O. The van der Waals surface area contributed by atoms with Crippen molar-refractivity contribution in [2.75, 3.05) is 0 Å². The van der Waals surface area contributed by atoms with E-state index in [2.05, 4.69) is 19.1 Å². The van der Waals surface area contributed by atoms with Gasteiger partial charge < -0.3 is 5.11 Å². The van der Waals surface area contributed by atoms with Crippen LogP contribution in [0.2, 0.25) is 0 Å². The summed E-state index contributed by atoms with van der Waals surface area (Å²) in [5, 5.41) is 9.05. The van der Waals surface area contributed by atoms with Gasteiger partial charge in [-0.05, 0) is 18.6 Å². The summed E-state index contributed by atoms with van der Waals surface area (Å²) in [6, 6.07) is 10.1. The summed E-state index contributed by atoms with van der Waals surface area (Å²) >= 11 is 0. The van der Waals surface area contributed by atoms with Gasteiger partial charge in [0.15, 0.2) is 0 Å². The molecule has 0 aromatic heterocycles. The van der Waals surface area contributed by atoms with E-state index >= 15 is 0 Å². The van der Waals surface area contributed by atoms with Gasteiger partial charge in [-0.2, -0.15) is 0 Å². The third-order valence-electron chi connectivity index (χ3n) is 1.82. The number of aliphatic hydroxyl groups is 1. The van der Waals surface area contributed by atoms with Crippen LogP contribution >= 0.6 is 0 Å². The standard InChI is InChI=1S/C11H14O/c1-9(8-10(2)12)11-6-4-3-5-7-11/h3-9,12H,1-2H3/b10-8-. The Bertz CT molecular complexity index is 258. The fourth-order valence-corrected chi connectivity index (χ4v) is 1.21. The lowest BCUT2D eigenvalue weighted by Gasteiger charge is -2.05. The van der Waals surface area contributed by atoms with Gasteiger partial charge in [0.25, 0.3) is 0 Å². The minimum absolute atomic E-state index is 0.288. The molecule has 1 aromatic carbocycles. The maximum Gasteiger partial charge on any atom is 0.0858 e. The van der Waals surface area contributed by atoms with E-state index in [9.17, 15) is 0 Å². The quantitative estimate of drug-likeness (QED) is 0.662. The van der Waals surface area contributed by atoms with E-state index in [0.717, 1.165) is 0 Å². The molecule has 1 nitrogen and oxygen atoms in total. The summed E-state index contributed by atoms with van der Waals surface area (Å²) in [5.41, 5.74) is 1.23. The summed E-state index contributed by atoms with van der Waals surface area (Å²) in [4.78, 5) is 0. The first-order valence-electron chi connectivity index (χ1n) is 4.12. The lowest BCUT2D eigenvalue weighted by molar-refractivity contribution is 0.410. The third-order valence-corrected chi connectivity index (χ3v) is 1.82. The van der Waals surface area contributed by atoms with Crippen molar-refractivity contribution in [3.05, 3.63) is 47.7 Å². The van der Waals surface area contributed by atoms with Crippen molar-refractivity contribution in [2.45, 2.75) is 19.8 Å². The number of rotatable bonds is 2. The number of benzene rings is 1. The smallest absolute Gasteiger partial charge is 0.0858 e. The molecule has 0 spiro atoms. The average Bonchev–Trinajstić information content (AvgIpc) is 2.05. The topological polar surface area (TPSA) is 20.2 Å². The van der Waals surface area contributed by atoms with Gasteiger partial charge >= 0.3 is 0 Å². The molecule has 0 fully saturated rings. The molecule has 0 aliphatic carbocycles. The SMILES string of the molecule is C/C(O)=C/C(C)c1ccccc1. The molecule has 12 heavy (non-hydrogen) atoms. The Morgan fingerprint density at radius 2 is 1.92 bits per heavy atom. The highest BCUT2D eigenvalue weighted by Gasteiger charge is 2.00. The maximum atomic E-state index is 9.05. The van der Waals surface area contributed by atoms with Crippen LogP contribution in [0.3, 0.4) is 0 Å². The number of hydrogen-bond donors (Lipinski definition) is 1. The molecule has 0 heterocycles. The monoisotopic (exact) mass is 162 g/mol. The predicted molar refractivity (Wildman–Crippen MR) is 51.2 cm³/mol. The summed E-state index contributed by atoms with van der Waals surface area (Å²) in [6.07, 6.45) is 1.84. The summed E-state index contributed by atoms with van der Waals surface area (Å²) < 4.78 is 0. The van der Waals surface area contributed by atoms with Crippen LogP contribution in [0.4, 0.5) is 0 Å². The largest absolute Gasteiger partial charge is 0.513 e. The summed E-state index contributed by atoms with van der Waals surface area (Å²) in [6.45, 7) is 3.76. The van der Waals surface area contributed by atoms with E-state index in [-0.39, 0.29) is 5.92 Å². The van der Waals surface area contributed by atoms with Crippen LogP contribution in [0.25, 0.3) is 0 Å². The summed E-state index contributed by atoms with van der Waals surface area (Å²) in [7, 11) is 0. The molecule has 0 amide bonds. The second-order valence-electron chi connectivity index (χ2n) is 3.01. The highest BCUT2D eigenvalue weighted by molar-refractivity contribution is 5.23. The fourth-order valence-electron chi connectivity index (χ4n) is 1.21. The average molecular weight is 162 g/mol. The summed E-state index contributed by atoms with van der Waals surface area (Å²) in [5.74, 6) is 0.669. The Labute approximate surface area is 73.4 Å². The Kier molecular flexibility index (Phi) is 2.92. The van der Waals surface area contributed by atoms with Crippen LogP contribution < -0.4 is 0 Å². The lowest BCUT2D eigenvalue weighted by atomic mass is 10.0. The van der Waals surface area contributed by atoms with E-state index in [1.165, 1.54) is 5.56 Å². The lowest BCUT2D eigenvalue weighted by Crippen LogP contribution is -1.89. The zero-order chi connectivity index (χ0) is 8.97. The van der Waals surface area contributed by atoms with Gasteiger partial charge in [-0.25, -0.2) is 0 Å². The van der Waals surface area contributed by atoms with E-state index in [4.69, 9.17) is 5.11 Å². The van der Waals surface area contributed by atoms with Gasteiger partial charge in [0.2, 0.25) is 0 Å². The first-order chi connectivity index (χ1) is 5.70. The molecule has 0 radical (unpaired) electrons. The fraction of sp³-hybridized carbons (Fsp3) is 0.273. The van der Waals surface area contributed by atoms with E-state index in [1.54, 1.807) is 6.92 Å². The van der Waals surface area contributed by atoms with Gasteiger partial charge in [0, 0.05) is 5.92 Å². The third kappa shape index (κ3) is 2.42. The maximum absolute atomic E-state index is 9.05. The minimum atomic E-state index is 0.288. The van der Waals surface area contributed by atoms with Crippen molar-refractivity contribution >= 4 is 0 Å². The number of allylic oxidation sites excluding steroid dienone is 2. The zero-order valence-corrected chi connectivity index (χ0v) is 7.49. The van der Waals surface area contributed by atoms with E-state index in [1.807, 2.05) is 24.3 Å². The molecular weight excluding hydrogens is 148 g/mol. The van der Waals surface area contributed by atoms with Crippen molar-refractivity contribution in [3.63, 3.8) is 0 Å². The molecule has 1 rings (SSSR count). The van der Waals surface area contributed by atoms with Crippen molar-refractivity contribution in [1.29, 1.82) is 0 Å². The molecule has 0 aliphatic heterocycles. The molecule has 1 N–H and O–H groups in total. The zero-order valence-electron chi connectivity index (χ0n) is 7.49. The molecule has 64 valence electrons. The first kappa shape index (κ1) is 8.85. The van der Waals surface area contributed by atoms with E-state index in [0.29, 0.717) is 5.76 Å². The Morgan fingerprint density at radius 1 is 1.33 bits per heavy atom. The second kappa shape index (κ2) is 3.96. The van der Waals surface area contributed by atoms with Crippen LogP contribution in [-0.2, 0) is 0 Å². The molecule has 1 heteroatoms. The van der Waals surface area contributed by atoms with Gasteiger partial charge in [-0.1, -0.05) is 37.3 Å². The van der Waals surface area contributed by atoms with Gasteiger partial charge in [0.1, 0.15) is 0 Å². The van der Waals surface area contributed by atoms with Crippen molar-refractivity contribution < 1.29 is 5.11 Å². The number of hydrogen-bond acceptors (Lipinski definition) is 1. The minimum Gasteiger partial charge on any atom is -0.513 e. The molecule has 1 unspecified atom stereocenters. The van der Waals surface area contributed by atoms with Crippen LogP contribution in [0.15, 0.2) is 42.2 Å². The molecule has 1 aromatic rings. The molecule has 0 saturated carbocycles. The molecule has 0 saturated heterocycles. The molecule has 0 aliphatic rings. The van der Waals surface area contributed by atoms with Crippen molar-refractivity contribution in [3.8, 4) is 0 Å². The van der Waals surface area contributed by atoms with Gasteiger partial charge in [-0.3, -0.25) is 0 Å². The Hall–Kier alpha value is -1.24. The van der Waals surface area contributed by atoms with E-state index < -0.39 is 0 Å². The first-order valence-corrected chi connectivity index (χ1v) is 4.12. The molecule has 0 bridgehead atoms. The van der Waals surface area contributed by atoms with Crippen LogP contribution in [0.5, 0.6) is 0 Å². The molecule has 1 atom stereocenters. The highest BCUT2D eigenvalue weighted by atomic mass is 16.3. The highest BCUT2D eigenvalue weighted by Crippen LogP contribution is 2.16. The van der Waals surface area contributed by atoms with Crippen LogP contribution in [0.1, 0.15) is 25.3 Å². The Balaban J connectivity index is 2.79. The van der Waals surface area contributed by atoms with Crippen molar-refractivity contribution in [1.82, 2.24) is 0 Å². The van der Waals surface area contributed by atoms with Crippen molar-refractivity contribution in [2.24, 2.45) is 0 Å². The van der Waals surface area contributed by atoms with Gasteiger partial charge in [-0.15, -0.1) is 0 Å². The second-order valence-corrected chi connectivity index (χ2v) is 3.01. The predicted octanol–water partition coefficient (Wildman–Crippen LogP) is 3.25. The van der Waals surface area contributed by atoms with Crippen LogP contribution in [-0.4, -0.2) is 5.11 Å². The Morgan fingerprint density at radius 3 is 2.42 bits per heavy atom. The normalized spacial score (nSPS) is 14.3. The van der Waals surface area contributed by atoms with Gasteiger partial charge in [0.05, 0.1) is 5.76 Å². The van der Waals surface area contributed by atoms with Crippen LogP contribution in [0, 0.1) is 0 Å².